The minimum absolute atomic E-state index is 0.0261. The van der Waals surface area contributed by atoms with E-state index >= 15 is 0 Å². The maximum Gasteiger partial charge on any atom is 0.366 e. The van der Waals surface area contributed by atoms with Crippen LogP contribution in [0.4, 0.5) is 11.5 Å². The van der Waals surface area contributed by atoms with E-state index in [1.54, 1.807) is 19.1 Å². The van der Waals surface area contributed by atoms with Gasteiger partial charge in [0.15, 0.2) is 17.8 Å². The second-order valence-corrected chi connectivity index (χ2v) is 7.93. The molecule has 1 saturated heterocycles. The fourth-order valence-corrected chi connectivity index (χ4v) is 4.33. The lowest BCUT2D eigenvalue weighted by Gasteiger charge is -2.39. The number of rotatable bonds is 5. The number of nitrogens with zero attached hydrogens (tertiary/aromatic N) is 6. The minimum Gasteiger partial charge on any atom is -0.411 e. The van der Waals surface area contributed by atoms with Gasteiger partial charge >= 0.3 is 5.69 Å². The molecule has 1 fully saturated rings. The van der Waals surface area contributed by atoms with Gasteiger partial charge in [-0.05, 0) is 31.9 Å². The van der Waals surface area contributed by atoms with E-state index in [1.807, 2.05) is 11.0 Å². The molecule has 2 aliphatic rings. The largest absolute Gasteiger partial charge is 0.411 e. The summed E-state index contributed by atoms with van der Waals surface area (Å²) < 4.78 is 2.09. The Morgan fingerprint density at radius 3 is 2.91 bits per heavy atom. The van der Waals surface area contributed by atoms with E-state index in [1.165, 1.54) is 13.3 Å². The van der Waals surface area contributed by atoms with Crippen molar-refractivity contribution < 1.29 is 4.84 Å². The first-order valence-corrected chi connectivity index (χ1v) is 10.7. The predicted molar refractivity (Wildman–Crippen MR) is 123 cm³/mol. The zero-order valence-electron chi connectivity index (χ0n) is 18.6. The van der Waals surface area contributed by atoms with Gasteiger partial charge in [-0.1, -0.05) is 5.92 Å². The summed E-state index contributed by atoms with van der Waals surface area (Å²) in [4.78, 5) is 40.4. The average Bonchev–Trinajstić information content (AvgIpc) is 3.20. The third-order valence-corrected chi connectivity index (χ3v) is 5.89. The Morgan fingerprint density at radius 2 is 2.21 bits per heavy atom. The van der Waals surface area contributed by atoms with Crippen LogP contribution in [0.5, 0.6) is 0 Å². The van der Waals surface area contributed by atoms with Gasteiger partial charge in [-0.3, -0.25) is 14.7 Å². The van der Waals surface area contributed by atoms with E-state index in [9.17, 15) is 14.9 Å². The van der Waals surface area contributed by atoms with Gasteiger partial charge in [0.1, 0.15) is 13.2 Å². The first-order chi connectivity index (χ1) is 16.0. The summed E-state index contributed by atoms with van der Waals surface area (Å²) in [5.41, 5.74) is 5.92. The topological polar surface area (TPSA) is 134 Å². The van der Waals surface area contributed by atoms with Crippen LogP contribution in [-0.2, 0) is 6.54 Å². The molecule has 4 heterocycles. The molecule has 2 unspecified atom stereocenters. The van der Waals surface area contributed by atoms with Gasteiger partial charge in [0, 0.05) is 25.3 Å². The molecule has 0 aliphatic carbocycles. The van der Waals surface area contributed by atoms with Crippen molar-refractivity contribution in [2.75, 3.05) is 37.0 Å². The van der Waals surface area contributed by atoms with Crippen molar-refractivity contribution in [1.82, 2.24) is 19.2 Å². The summed E-state index contributed by atoms with van der Waals surface area (Å²) in [5, 5.41) is 12.7. The summed E-state index contributed by atoms with van der Waals surface area (Å²) in [6.07, 6.45) is 2.98. The summed E-state index contributed by atoms with van der Waals surface area (Å²) in [7, 11) is 1.36. The van der Waals surface area contributed by atoms with Gasteiger partial charge in [-0.15, -0.1) is 10.7 Å². The van der Waals surface area contributed by atoms with E-state index in [4.69, 9.17) is 10.6 Å². The summed E-state index contributed by atoms with van der Waals surface area (Å²) >= 11 is 0. The number of likely N-dealkylation sites (tertiary alicyclic amines) is 1. The molecular formula is C22H26N8O3. The molecular weight excluding hydrogens is 424 g/mol. The third kappa shape index (κ3) is 4.04. The van der Waals surface area contributed by atoms with Gasteiger partial charge < -0.3 is 20.8 Å². The number of piperidine rings is 1. The van der Waals surface area contributed by atoms with Crippen LogP contribution in [-0.4, -0.2) is 58.3 Å². The standard InChI is InChI=1S/C22H26N8O3/c1-3-4-11-28-18-19(26-21(28)27-10-6-8-16(24)13-27)30(33-2)22(32)29(20(18)31)14-17-15(12-23)7-5-9-25-17/h5,7,9,16,21,26H,6,8,10-11,13-14,24H2,1-2H3. The van der Waals surface area contributed by atoms with E-state index in [2.05, 4.69) is 27.0 Å². The van der Waals surface area contributed by atoms with Gasteiger partial charge in [-0.2, -0.15) is 5.26 Å². The molecule has 0 saturated carbocycles. The van der Waals surface area contributed by atoms with Crippen LogP contribution < -0.4 is 32.0 Å². The van der Waals surface area contributed by atoms with E-state index in [0.29, 0.717) is 17.8 Å². The van der Waals surface area contributed by atoms with Crippen molar-refractivity contribution in [3.63, 3.8) is 0 Å². The molecule has 4 rings (SSSR count). The van der Waals surface area contributed by atoms with Crippen LogP contribution in [0.15, 0.2) is 27.9 Å². The van der Waals surface area contributed by atoms with Crippen LogP contribution in [0.2, 0.25) is 0 Å². The molecule has 11 nitrogen and oxygen atoms in total. The third-order valence-electron chi connectivity index (χ3n) is 5.89. The molecule has 0 radical (unpaired) electrons. The first-order valence-electron chi connectivity index (χ1n) is 10.7. The zero-order chi connectivity index (χ0) is 23.5. The molecule has 0 aromatic carbocycles. The monoisotopic (exact) mass is 450 g/mol. The van der Waals surface area contributed by atoms with Crippen molar-refractivity contribution in [1.29, 1.82) is 5.26 Å². The SMILES string of the molecule is CC#CCN1c2c(n(OC)c(=O)n(Cc3ncccc3C#N)c2=O)NC1N1CCCC(N)C1. The van der Waals surface area contributed by atoms with Crippen molar-refractivity contribution in [2.45, 2.75) is 38.6 Å². The lowest BCUT2D eigenvalue weighted by Crippen LogP contribution is -2.56. The number of pyridine rings is 1. The van der Waals surface area contributed by atoms with Crippen molar-refractivity contribution >= 4 is 11.5 Å². The zero-order valence-corrected chi connectivity index (χ0v) is 18.6. The molecule has 33 heavy (non-hydrogen) atoms. The number of nitrogens with two attached hydrogens (primary N) is 1. The second kappa shape index (κ2) is 9.36. The Morgan fingerprint density at radius 1 is 1.39 bits per heavy atom. The van der Waals surface area contributed by atoms with Gasteiger partial charge in [0.2, 0.25) is 0 Å². The Hall–Kier alpha value is -3.80. The maximum absolute atomic E-state index is 13.6. The number of nitrogens with one attached hydrogen (secondary N) is 1. The van der Waals surface area contributed by atoms with Crippen LogP contribution in [0, 0.1) is 23.2 Å². The quantitative estimate of drug-likeness (QED) is 0.570. The van der Waals surface area contributed by atoms with Crippen LogP contribution in [0.25, 0.3) is 0 Å². The maximum atomic E-state index is 13.6. The van der Waals surface area contributed by atoms with Crippen LogP contribution >= 0.6 is 0 Å². The second-order valence-electron chi connectivity index (χ2n) is 7.93. The highest BCUT2D eigenvalue weighted by Gasteiger charge is 2.40. The molecule has 2 aromatic rings. The Bertz CT molecular complexity index is 1270. The fraction of sp³-hybridized carbons (Fsp3) is 0.455. The number of hydrogen-bond acceptors (Lipinski definition) is 9. The van der Waals surface area contributed by atoms with E-state index in [0.717, 1.165) is 28.7 Å². The van der Waals surface area contributed by atoms with Gasteiger partial charge in [-0.25, -0.2) is 9.36 Å². The van der Waals surface area contributed by atoms with Gasteiger partial charge in [0.05, 0.1) is 24.3 Å². The first kappa shape index (κ1) is 22.4. The molecule has 172 valence electrons. The lowest BCUT2D eigenvalue weighted by atomic mass is 10.1. The lowest BCUT2D eigenvalue weighted by molar-refractivity contribution is 0.148. The number of fused-ring (bicyclic) bond motifs is 1. The fourth-order valence-electron chi connectivity index (χ4n) is 4.33. The highest BCUT2D eigenvalue weighted by Crippen LogP contribution is 2.32. The molecule has 0 amide bonds. The summed E-state index contributed by atoms with van der Waals surface area (Å²) in [5.74, 6) is 6.16. The summed E-state index contributed by atoms with van der Waals surface area (Å²) in [6, 6.07) is 5.30. The molecule has 11 heteroatoms. The molecule has 0 spiro atoms. The Balaban J connectivity index is 1.84. The van der Waals surface area contributed by atoms with Gasteiger partial charge in [0.25, 0.3) is 5.56 Å². The number of hydrogen-bond donors (Lipinski definition) is 2. The average molecular weight is 451 g/mol. The highest BCUT2D eigenvalue weighted by molar-refractivity contribution is 5.72. The normalized spacial score (nSPS) is 19.8. The molecule has 2 aliphatic heterocycles. The molecule has 3 N–H and O–H groups in total. The molecule has 2 aromatic heterocycles. The highest BCUT2D eigenvalue weighted by atomic mass is 16.7. The van der Waals surface area contributed by atoms with Crippen molar-refractivity contribution in [3.05, 3.63) is 50.4 Å². The molecule has 0 bridgehead atoms. The van der Waals surface area contributed by atoms with Crippen molar-refractivity contribution in [2.24, 2.45) is 5.73 Å². The van der Waals surface area contributed by atoms with Crippen LogP contribution in [0.1, 0.15) is 31.0 Å². The predicted octanol–water partition coefficient (Wildman–Crippen LogP) is -0.655. The van der Waals surface area contributed by atoms with E-state index < -0.39 is 17.5 Å². The van der Waals surface area contributed by atoms with E-state index in [-0.39, 0.29) is 30.6 Å². The van der Waals surface area contributed by atoms with Crippen molar-refractivity contribution in [3.8, 4) is 17.9 Å². The smallest absolute Gasteiger partial charge is 0.366 e. The Labute approximate surface area is 190 Å². The Kier molecular flexibility index (Phi) is 6.36. The summed E-state index contributed by atoms with van der Waals surface area (Å²) in [6.45, 7) is 3.28. The number of nitriles is 1. The van der Waals surface area contributed by atoms with Crippen LogP contribution in [0.3, 0.4) is 0 Å². The number of anilines is 2. The number of aromatic nitrogens is 3. The molecule has 2 atom stereocenters. The minimum atomic E-state index is -0.666.